The highest BCUT2D eigenvalue weighted by molar-refractivity contribution is 6.03. The Kier molecular flexibility index (Phi) is 3.90. The number of likely N-dealkylation sites (tertiary alicyclic amines) is 1. The van der Waals surface area contributed by atoms with Crippen molar-refractivity contribution < 1.29 is 14.3 Å². The summed E-state index contributed by atoms with van der Waals surface area (Å²) in [4.78, 5) is 26.3. The zero-order valence-corrected chi connectivity index (χ0v) is 11.2. The number of carbonyl (C=O) groups is 2. The number of nitrogens with one attached hydrogen (secondary N) is 1. The fraction of sp³-hybridized carbons (Fsp3) is 0.846. The van der Waals surface area contributed by atoms with Crippen molar-refractivity contribution >= 4 is 11.9 Å². The fourth-order valence-corrected chi connectivity index (χ4v) is 2.73. The second kappa shape index (κ2) is 5.26. The molecule has 0 unspecified atom stereocenters. The van der Waals surface area contributed by atoms with E-state index in [9.17, 15) is 9.59 Å². The summed E-state index contributed by atoms with van der Waals surface area (Å²) < 4.78 is 4.78. The molecule has 102 valence electrons. The van der Waals surface area contributed by atoms with E-state index in [2.05, 4.69) is 17.3 Å². The van der Waals surface area contributed by atoms with Crippen LogP contribution in [0.15, 0.2) is 0 Å². The summed E-state index contributed by atoms with van der Waals surface area (Å²) in [5.74, 6) is -0.505. The molecule has 1 saturated carbocycles. The predicted octanol–water partition coefficient (Wildman–Crippen LogP) is 0.540. The first kappa shape index (κ1) is 13.3. The molecule has 1 N–H and O–H groups in total. The number of piperidine rings is 1. The number of amides is 1. The lowest BCUT2D eigenvalue weighted by Crippen LogP contribution is -2.55. The Morgan fingerprint density at radius 2 is 1.89 bits per heavy atom. The van der Waals surface area contributed by atoms with Crippen molar-refractivity contribution in [2.24, 2.45) is 5.41 Å². The van der Waals surface area contributed by atoms with Crippen molar-refractivity contribution in [1.29, 1.82) is 0 Å². The molecule has 5 heteroatoms. The third kappa shape index (κ3) is 2.36. The highest BCUT2D eigenvalue weighted by atomic mass is 16.5. The molecule has 1 heterocycles. The summed E-state index contributed by atoms with van der Waals surface area (Å²) in [5, 5.41) is 3.03. The van der Waals surface area contributed by atoms with E-state index in [1.54, 1.807) is 0 Å². The van der Waals surface area contributed by atoms with E-state index in [-0.39, 0.29) is 17.9 Å². The maximum atomic E-state index is 12.3. The number of hydrogen-bond donors (Lipinski definition) is 1. The van der Waals surface area contributed by atoms with Crippen LogP contribution in [-0.4, -0.2) is 50.1 Å². The normalized spacial score (nSPS) is 24.1. The third-order valence-corrected chi connectivity index (χ3v) is 4.27. The highest BCUT2D eigenvalue weighted by Crippen LogP contribution is 2.42. The fourth-order valence-electron chi connectivity index (χ4n) is 2.73. The van der Waals surface area contributed by atoms with E-state index in [0.29, 0.717) is 12.8 Å². The Balaban J connectivity index is 1.92. The summed E-state index contributed by atoms with van der Waals surface area (Å²) in [6.45, 7) is 1.99. The van der Waals surface area contributed by atoms with Crippen molar-refractivity contribution in [2.45, 2.75) is 38.1 Å². The van der Waals surface area contributed by atoms with Crippen molar-refractivity contribution in [3.63, 3.8) is 0 Å². The second-order valence-corrected chi connectivity index (χ2v) is 5.48. The molecule has 1 saturated heterocycles. The summed E-state index contributed by atoms with van der Waals surface area (Å²) in [5.41, 5.74) is -0.891. The zero-order chi connectivity index (χ0) is 13.2. The van der Waals surface area contributed by atoms with Crippen LogP contribution in [0.5, 0.6) is 0 Å². The Morgan fingerprint density at radius 3 is 2.33 bits per heavy atom. The van der Waals surface area contributed by atoms with Gasteiger partial charge in [-0.25, -0.2) is 0 Å². The van der Waals surface area contributed by atoms with Gasteiger partial charge in [0.05, 0.1) is 7.11 Å². The van der Waals surface area contributed by atoms with Gasteiger partial charge in [-0.15, -0.1) is 0 Å². The quantitative estimate of drug-likeness (QED) is 0.590. The Labute approximate surface area is 108 Å². The number of ether oxygens (including phenoxy) is 1. The molecule has 0 aromatic rings. The van der Waals surface area contributed by atoms with Crippen LogP contribution in [0.25, 0.3) is 0 Å². The van der Waals surface area contributed by atoms with Gasteiger partial charge < -0.3 is 15.0 Å². The van der Waals surface area contributed by atoms with Gasteiger partial charge in [0, 0.05) is 6.04 Å². The maximum Gasteiger partial charge on any atom is 0.321 e. The molecule has 1 aliphatic carbocycles. The van der Waals surface area contributed by atoms with Gasteiger partial charge in [-0.2, -0.15) is 0 Å². The van der Waals surface area contributed by atoms with E-state index in [1.807, 2.05) is 0 Å². The topological polar surface area (TPSA) is 58.6 Å². The number of hydrogen-bond acceptors (Lipinski definition) is 4. The maximum absolute atomic E-state index is 12.3. The van der Waals surface area contributed by atoms with E-state index in [1.165, 1.54) is 7.11 Å². The molecular weight excluding hydrogens is 232 g/mol. The lowest BCUT2D eigenvalue weighted by molar-refractivity contribution is -0.165. The average molecular weight is 254 g/mol. The van der Waals surface area contributed by atoms with Crippen LogP contribution in [0, 0.1) is 5.41 Å². The lowest BCUT2D eigenvalue weighted by Gasteiger charge is -2.39. The van der Waals surface area contributed by atoms with Gasteiger partial charge in [0.15, 0.2) is 0 Å². The van der Waals surface area contributed by atoms with Gasteiger partial charge in [0.1, 0.15) is 5.41 Å². The monoisotopic (exact) mass is 254 g/mol. The number of nitrogens with zero attached hydrogens (tertiary/aromatic N) is 1. The van der Waals surface area contributed by atoms with Crippen LogP contribution in [0.1, 0.15) is 32.1 Å². The van der Waals surface area contributed by atoms with E-state index < -0.39 is 5.41 Å². The number of rotatable bonds is 3. The molecular formula is C13H22N2O3. The SMILES string of the molecule is COC(=O)C1(C(=O)NC2CCN(C)CC2)CCC1. The smallest absolute Gasteiger partial charge is 0.321 e. The first-order chi connectivity index (χ1) is 8.58. The Bertz CT molecular complexity index is 331. The minimum absolute atomic E-state index is 0.129. The third-order valence-electron chi connectivity index (χ3n) is 4.27. The first-order valence-electron chi connectivity index (χ1n) is 6.66. The van der Waals surface area contributed by atoms with Crippen molar-refractivity contribution in [3.05, 3.63) is 0 Å². The van der Waals surface area contributed by atoms with Crippen LogP contribution in [-0.2, 0) is 14.3 Å². The Hall–Kier alpha value is -1.10. The number of esters is 1. The van der Waals surface area contributed by atoms with Gasteiger partial charge in [-0.3, -0.25) is 9.59 Å². The summed E-state index contributed by atoms with van der Waals surface area (Å²) >= 11 is 0. The standard InChI is InChI=1S/C13H22N2O3/c1-15-8-4-10(5-9-15)14-11(16)13(6-3-7-13)12(17)18-2/h10H,3-9H2,1-2H3,(H,14,16). The highest BCUT2D eigenvalue weighted by Gasteiger charge is 2.52. The van der Waals surface area contributed by atoms with E-state index in [4.69, 9.17) is 4.74 Å². The second-order valence-electron chi connectivity index (χ2n) is 5.48. The minimum atomic E-state index is -0.891. The van der Waals surface area contributed by atoms with Gasteiger partial charge in [0.2, 0.25) is 5.91 Å². The molecule has 18 heavy (non-hydrogen) atoms. The molecule has 0 aromatic heterocycles. The zero-order valence-electron chi connectivity index (χ0n) is 11.2. The van der Waals surface area contributed by atoms with Gasteiger partial charge in [-0.1, -0.05) is 6.42 Å². The van der Waals surface area contributed by atoms with Crippen LogP contribution >= 0.6 is 0 Å². The molecule has 5 nitrogen and oxygen atoms in total. The minimum Gasteiger partial charge on any atom is -0.468 e. The first-order valence-corrected chi connectivity index (χ1v) is 6.66. The Morgan fingerprint density at radius 1 is 1.28 bits per heavy atom. The molecule has 0 atom stereocenters. The molecule has 1 amide bonds. The van der Waals surface area contributed by atoms with E-state index in [0.717, 1.165) is 32.4 Å². The van der Waals surface area contributed by atoms with Crippen molar-refractivity contribution in [1.82, 2.24) is 10.2 Å². The van der Waals surface area contributed by atoms with Gasteiger partial charge >= 0.3 is 5.97 Å². The average Bonchev–Trinajstić information content (AvgIpc) is 2.30. The van der Waals surface area contributed by atoms with Gasteiger partial charge in [0.25, 0.3) is 0 Å². The molecule has 1 aliphatic heterocycles. The number of carbonyl (C=O) groups excluding carboxylic acids is 2. The predicted molar refractivity (Wildman–Crippen MR) is 67.0 cm³/mol. The molecule has 2 rings (SSSR count). The lowest BCUT2D eigenvalue weighted by atomic mass is 9.68. The molecule has 2 fully saturated rings. The van der Waals surface area contributed by atoms with Crippen molar-refractivity contribution in [2.75, 3.05) is 27.2 Å². The molecule has 2 aliphatic rings. The summed E-state index contributed by atoms with van der Waals surface area (Å²) in [6, 6.07) is 0.204. The van der Waals surface area contributed by atoms with Crippen LogP contribution < -0.4 is 5.32 Å². The van der Waals surface area contributed by atoms with Gasteiger partial charge in [-0.05, 0) is 45.8 Å². The van der Waals surface area contributed by atoms with Crippen LogP contribution in [0.2, 0.25) is 0 Å². The molecule has 0 aromatic carbocycles. The molecule has 0 bridgehead atoms. The van der Waals surface area contributed by atoms with Crippen molar-refractivity contribution in [3.8, 4) is 0 Å². The van der Waals surface area contributed by atoms with Crippen LogP contribution in [0.3, 0.4) is 0 Å². The molecule has 0 radical (unpaired) electrons. The summed E-state index contributed by atoms with van der Waals surface area (Å²) in [7, 11) is 3.44. The summed E-state index contributed by atoms with van der Waals surface area (Å²) in [6.07, 6.45) is 4.09. The van der Waals surface area contributed by atoms with Crippen LogP contribution in [0.4, 0.5) is 0 Å². The largest absolute Gasteiger partial charge is 0.468 e. The number of methoxy groups -OCH3 is 1. The van der Waals surface area contributed by atoms with E-state index >= 15 is 0 Å². The molecule has 0 spiro atoms.